The fraction of sp³-hybridized carbons (Fsp3) is 0.758. The fourth-order valence-corrected chi connectivity index (χ4v) is 4.60. The van der Waals surface area contributed by atoms with Gasteiger partial charge in [0.2, 0.25) is 0 Å². The summed E-state index contributed by atoms with van der Waals surface area (Å²) in [5.41, 5.74) is 1.84. The van der Waals surface area contributed by atoms with Crippen molar-refractivity contribution in [1.82, 2.24) is 0 Å². The van der Waals surface area contributed by atoms with Crippen LogP contribution in [0.1, 0.15) is 150 Å². The highest BCUT2D eigenvalue weighted by molar-refractivity contribution is 6.03. The molecule has 0 atom stereocenters. The lowest BCUT2D eigenvalue weighted by Gasteiger charge is -2.18. The Labute approximate surface area is 223 Å². The molecule has 1 rings (SSSR count). The van der Waals surface area contributed by atoms with Crippen molar-refractivity contribution in [2.75, 3.05) is 6.61 Å². The molecule has 0 radical (unpaired) electrons. The second-order valence-electron chi connectivity index (χ2n) is 11.5. The summed E-state index contributed by atoms with van der Waals surface area (Å²) in [5, 5.41) is 0. The van der Waals surface area contributed by atoms with Gasteiger partial charge in [0.25, 0.3) is 0 Å². The summed E-state index contributed by atoms with van der Waals surface area (Å²) in [7, 11) is 0. The highest BCUT2D eigenvalue weighted by atomic mass is 16.5. The van der Waals surface area contributed by atoms with Crippen LogP contribution in [-0.2, 0) is 14.3 Å². The molecule has 0 heterocycles. The zero-order chi connectivity index (χ0) is 26.5. The van der Waals surface area contributed by atoms with E-state index < -0.39 is 0 Å². The minimum absolute atomic E-state index is 0.0824. The van der Waals surface area contributed by atoms with Crippen molar-refractivity contribution in [3.63, 3.8) is 0 Å². The Hall–Kier alpha value is -1.64. The van der Waals surface area contributed by atoms with Crippen molar-refractivity contribution in [2.45, 2.75) is 150 Å². The third-order valence-electron chi connectivity index (χ3n) is 7.31. The zero-order valence-electron chi connectivity index (χ0n) is 24.2. The average molecular weight is 501 g/mol. The van der Waals surface area contributed by atoms with Crippen LogP contribution in [-0.4, -0.2) is 18.4 Å². The van der Waals surface area contributed by atoms with Crippen LogP contribution < -0.4 is 0 Å². The molecule has 36 heavy (non-hydrogen) atoms. The van der Waals surface area contributed by atoms with Crippen molar-refractivity contribution in [2.24, 2.45) is 5.41 Å². The Kier molecular flexibility index (Phi) is 18.4. The lowest BCUT2D eigenvalue weighted by atomic mass is 9.87. The van der Waals surface area contributed by atoms with Gasteiger partial charge in [-0.15, -0.1) is 0 Å². The first-order valence-corrected chi connectivity index (χ1v) is 15.1. The van der Waals surface area contributed by atoms with E-state index in [2.05, 4.69) is 26.8 Å². The Balaban J connectivity index is 2.10. The summed E-state index contributed by atoms with van der Waals surface area (Å²) in [4.78, 5) is 24.4. The van der Waals surface area contributed by atoms with Crippen molar-refractivity contribution in [3.8, 4) is 0 Å². The standard InChI is InChI=1S/C33H56O3/c1-5-6-7-8-9-10-11-12-13-14-15-16-17-18-19-23-32(35)36-28-30-22-20-21-29(2)31(34)25-27-33(3,4)26-24-30/h21,24-25,27H,5-20,22-23,26,28H2,1-4H3/b27-25+,29-21+,30-24-. The van der Waals surface area contributed by atoms with Gasteiger partial charge in [-0.25, -0.2) is 0 Å². The zero-order valence-corrected chi connectivity index (χ0v) is 24.2. The number of esters is 1. The maximum absolute atomic E-state index is 12.3. The largest absolute Gasteiger partial charge is 0.461 e. The molecule has 0 aromatic rings. The van der Waals surface area contributed by atoms with E-state index in [0.717, 1.165) is 43.3 Å². The molecule has 3 nitrogen and oxygen atoms in total. The third-order valence-corrected chi connectivity index (χ3v) is 7.31. The molecule has 3 heteroatoms. The summed E-state index contributed by atoms with van der Waals surface area (Å²) in [6.45, 7) is 8.78. The SMILES string of the molecule is CCCCCCCCCCCCCCCCCC(=O)OC/C1=C\CC(C)(C)/C=C/C(=O)/C(C)=C/CC1. The Morgan fingerprint density at radius 2 is 1.36 bits per heavy atom. The van der Waals surface area contributed by atoms with Gasteiger partial charge in [-0.3, -0.25) is 9.59 Å². The number of hydrogen-bond donors (Lipinski definition) is 0. The normalized spacial score (nSPS) is 20.1. The number of carbonyl (C=O) groups excluding carboxylic acids is 2. The summed E-state index contributed by atoms with van der Waals surface area (Å²) in [5.74, 6) is 0.00224. The van der Waals surface area contributed by atoms with E-state index in [1.165, 1.54) is 83.5 Å². The predicted octanol–water partition coefficient (Wildman–Crippen LogP) is 10.00. The number of hydrogen-bond acceptors (Lipinski definition) is 3. The van der Waals surface area contributed by atoms with Crippen LogP contribution in [0.15, 0.2) is 35.5 Å². The smallest absolute Gasteiger partial charge is 0.306 e. The van der Waals surface area contributed by atoms with Crippen molar-refractivity contribution in [3.05, 3.63) is 35.5 Å². The van der Waals surface area contributed by atoms with Crippen molar-refractivity contribution in [1.29, 1.82) is 0 Å². The molecule has 0 aliphatic heterocycles. The summed E-state index contributed by atoms with van der Waals surface area (Å²) >= 11 is 0. The molecule has 0 fully saturated rings. The van der Waals surface area contributed by atoms with Gasteiger partial charge in [-0.1, -0.05) is 129 Å². The third kappa shape index (κ3) is 17.7. The van der Waals surface area contributed by atoms with Crippen LogP contribution in [0.4, 0.5) is 0 Å². The Bertz CT molecular complexity index is 696. The van der Waals surface area contributed by atoms with Gasteiger partial charge in [-0.2, -0.15) is 0 Å². The molecule has 0 aromatic heterocycles. The lowest BCUT2D eigenvalue weighted by Crippen LogP contribution is -2.10. The molecule has 1 aliphatic carbocycles. The monoisotopic (exact) mass is 500 g/mol. The van der Waals surface area contributed by atoms with Gasteiger partial charge in [0.05, 0.1) is 0 Å². The minimum atomic E-state index is -0.0938. The molecule has 0 bridgehead atoms. The number of ketones is 1. The predicted molar refractivity (Wildman–Crippen MR) is 154 cm³/mol. The van der Waals surface area contributed by atoms with E-state index in [1.807, 2.05) is 19.1 Å². The molecule has 0 spiro atoms. The second-order valence-corrected chi connectivity index (χ2v) is 11.5. The molecule has 206 valence electrons. The highest BCUT2D eigenvalue weighted by Crippen LogP contribution is 2.26. The number of ether oxygens (including phenoxy) is 1. The van der Waals surface area contributed by atoms with Gasteiger partial charge < -0.3 is 4.74 Å². The van der Waals surface area contributed by atoms with Gasteiger partial charge in [0.15, 0.2) is 5.78 Å². The van der Waals surface area contributed by atoms with Crippen molar-refractivity contribution >= 4 is 11.8 Å². The average Bonchev–Trinajstić information content (AvgIpc) is 2.87. The van der Waals surface area contributed by atoms with Crippen LogP contribution in [0, 0.1) is 5.41 Å². The molecule has 0 aromatic carbocycles. The first-order valence-electron chi connectivity index (χ1n) is 15.1. The van der Waals surface area contributed by atoms with E-state index in [-0.39, 0.29) is 17.2 Å². The Morgan fingerprint density at radius 1 is 0.833 bits per heavy atom. The molecular formula is C33H56O3. The molecule has 1 aliphatic rings. The highest BCUT2D eigenvalue weighted by Gasteiger charge is 2.15. The number of carbonyl (C=O) groups is 2. The molecule has 0 amide bonds. The van der Waals surface area contributed by atoms with Gasteiger partial charge in [0, 0.05) is 6.42 Å². The summed E-state index contributed by atoms with van der Waals surface area (Å²) in [6, 6.07) is 0. The van der Waals surface area contributed by atoms with E-state index in [9.17, 15) is 9.59 Å². The number of rotatable bonds is 18. The molecular weight excluding hydrogens is 444 g/mol. The first-order chi connectivity index (χ1) is 17.3. The summed E-state index contributed by atoms with van der Waals surface area (Å²) < 4.78 is 5.60. The van der Waals surface area contributed by atoms with Crippen LogP contribution >= 0.6 is 0 Å². The van der Waals surface area contributed by atoms with E-state index in [1.54, 1.807) is 6.08 Å². The van der Waals surface area contributed by atoms with Crippen LogP contribution in [0.25, 0.3) is 0 Å². The maximum atomic E-state index is 12.3. The topological polar surface area (TPSA) is 43.4 Å². The molecule has 0 saturated carbocycles. The van der Waals surface area contributed by atoms with E-state index in [0.29, 0.717) is 13.0 Å². The van der Waals surface area contributed by atoms with E-state index >= 15 is 0 Å². The fourth-order valence-electron chi connectivity index (χ4n) is 4.60. The van der Waals surface area contributed by atoms with Gasteiger partial charge in [-0.05, 0) is 55.2 Å². The second kappa shape index (κ2) is 20.4. The van der Waals surface area contributed by atoms with Crippen LogP contribution in [0.3, 0.4) is 0 Å². The van der Waals surface area contributed by atoms with Crippen molar-refractivity contribution < 1.29 is 14.3 Å². The Morgan fingerprint density at radius 3 is 1.92 bits per heavy atom. The van der Waals surface area contributed by atoms with Gasteiger partial charge >= 0.3 is 5.97 Å². The maximum Gasteiger partial charge on any atom is 0.306 e. The van der Waals surface area contributed by atoms with Gasteiger partial charge in [0.1, 0.15) is 6.61 Å². The minimum Gasteiger partial charge on any atom is -0.461 e. The quantitative estimate of drug-likeness (QED) is 0.107. The molecule has 0 unspecified atom stereocenters. The summed E-state index contributed by atoms with van der Waals surface area (Å²) in [6.07, 6.45) is 30.8. The number of unbranched alkanes of at least 4 members (excludes halogenated alkanes) is 14. The van der Waals surface area contributed by atoms with Crippen LogP contribution in [0.5, 0.6) is 0 Å². The van der Waals surface area contributed by atoms with E-state index in [4.69, 9.17) is 4.74 Å². The van der Waals surface area contributed by atoms with Crippen LogP contribution in [0.2, 0.25) is 0 Å². The molecule has 0 saturated heterocycles. The number of allylic oxidation sites excluding steroid dienone is 5. The lowest BCUT2D eigenvalue weighted by molar-refractivity contribution is -0.142. The molecule has 0 N–H and O–H groups in total. The first kappa shape index (κ1) is 32.4.